The quantitative estimate of drug-likeness (QED) is 0.849. The maximum absolute atomic E-state index is 5.61. The second kappa shape index (κ2) is 5.51. The number of nitrogens with zero attached hydrogens (tertiary/aromatic N) is 3. The van der Waals surface area contributed by atoms with E-state index in [4.69, 9.17) is 10.5 Å². The molecule has 2 heterocycles. The Morgan fingerprint density at radius 2 is 2.29 bits per heavy atom. The first-order valence-electron chi connectivity index (χ1n) is 6.29. The fraction of sp³-hybridized carbons (Fsp3) is 0.750. The predicted molar refractivity (Wildman–Crippen MR) is 67.7 cm³/mol. The number of anilines is 1. The van der Waals surface area contributed by atoms with E-state index in [0.717, 1.165) is 32.7 Å². The van der Waals surface area contributed by atoms with Crippen molar-refractivity contribution in [2.24, 2.45) is 0 Å². The molecule has 0 radical (unpaired) electrons. The van der Waals surface area contributed by atoms with Crippen LogP contribution >= 0.6 is 0 Å². The highest BCUT2D eigenvalue weighted by Gasteiger charge is 2.22. The molecule has 0 saturated carbocycles. The van der Waals surface area contributed by atoms with Crippen molar-refractivity contribution in [2.45, 2.75) is 39.0 Å². The fourth-order valence-corrected chi connectivity index (χ4v) is 2.22. The molecule has 1 aromatic heterocycles. The lowest BCUT2D eigenvalue weighted by Gasteiger charge is -2.36. The summed E-state index contributed by atoms with van der Waals surface area (Å²) in [6.07, 6.45) is 3.38. The van der Waals surface area contributed by atoms with Gasteiger partial charge < -0.3 is 10.5 Å². The van der Waals surface area contributed by atoms with Crippen molar-refractivity contribution < 1.29 is 4.74 Å². The number of hydrogen-bond acceptors (Lipinski definition) is 4. The van der Waals surface area contributed by atoms with E-state index in [1.54, 1.807) is 0 Å². The number of nitrogen functional groups attached to an aromatic ring is 1. The summed E-state index contributed by atoms with van der Waals surface area (Å²) < 4.78 is 7.52. The first-order valence-corrected chi connectivity index (χ1v) is 6.29. The van der Waals surface area contributed by atoms with Crippen LogP contribution in [-0.2, 0) is 11.3 Å². The van der Waals surface area contributed by atoms with Crippen LogP contribution in [0.4, 0.5) is 5.82 Å². The molecule has 0 spiro atoms. The van der Waals surface area contributed by atoms with E-state index in [1.807, 2.05) is 16.9 Å². The minimum absolute atomic E-state index is 0.353. The van der Waals surface area contributed by atoms with Crippen molar-refractivity contribution in [3.8, 4) is 0 Å². The summed E-state index contributed by atoms with van der Waals surface area (Å²) in [7, 11) is 0. The molecule has 0 amide bonds. The molecular formula is C12H22N4O. The molecule has 96 valence electrons. The summed E-state index contributed by atoms with van der Waals surface area (Å²) in [6.45, 7) is 8.24. The largest absolute Gasteiger partial charge is 0.382 e. The van der Waals surface area contributed by atoms with Crippen LogP contribution in [0.5, 0.6) is 0 Å². The van der Waals surface area contributed by atoms with Gasteiger partial charge in [-0.3, -0.25) is 9.58 Å². The van der Waals surface area contributed by atoms with E-state index < -0.39 is 0 Å². The van der Waals surface area contributed by atoms with Gasteiger partial charge in [0, 0.05) is 31.9 Å². The predicted octanol–water partition coefficient (Wildman–Crippen LogP) is 0.965. The van der Waals surface area contributed by atoms with Crippen LogP contribution in [0.1, 0.15) is 20.3 Å². The maximum atomic E-state index is 5.61. The monoisotopic (exact) mass is 238 g/mol. The molecule has 17 heavy (non-hydrogen) atoms. The van der Waals surface area contributed by atoms with Gasteiger partial charge in [0.25, 0.3) is 0 Å². The van der Waals surface area contributed by atoms with Gasteiger partial charge in [0.05, 0.1) is 12.7 Å². The van der Waals surface area contributed by atoms with Crippen molar-refractivity contribution in [1.29, 1.82) is 0 Å². The molecule has 1 fully saturated rings. The Morgan fingerprint density at radius 3 is 3.00 bits per heavy atom. The summed E-state index contributed by atoms with van der Waals surface area (Å²) >= 11 is 0. The van der Waals surface area contributed by atoms with E-state index >= 15 is 0 Å². The van der Waals surface area contributed by atoms with Crippen molar-refractivity contribution in [3.63, 3.8) is 0 Å². The van der Waals surface area contributed by atoms with Crippen LogP contribution in [-0.4, -0.2) is 46.5 Å². The Morgan fingerprint density at radius 1 is 1.47 bits per heavy atom. The van der Waals surface area contributed by atoms with Gasteiger partial charge in [-0.05, 0) is 26.3 Å². The van der Waals surface area contributed by atoms with Gasteiger partial charge >= 0.3 is 0 Å². The Kier molecular flexibility index (Phi) is 4.02. The Hall–Kier alpha value is -1.07. The van der Waals surface area contributed by atoms with Crippen LogP contribution in [0.3, 0.4) is 0 Å². The number of ether oxygens (including phenoxy) is 1. The Balaban J connectivity index is 1.74. The van der Waals surface area contributed by atoms with Crippen LogP contribution in [0.15, 0.2) is 12.3 Å². The Bertz CT molecular complexity index is 352. The van der Waals surface area contributed by atoms with E-state index in [0.29, 0.717) is 18.0 Å². The summed E-state index contributed by atoms with van der Waals surface area (Å²) in [4.78, 5) is 2.49. The molecule has 0 aromatic carbocycles. The van der Waals surface area contributed by atoms with E-state index in [-0.39, 0.29) is 0 Å². The van der Waals surface area contributed by atoms with Crippen molar-refractivity contribution in [1.82, 2.24) is 14.7 Å². The molecular weight excluding hydrogens is 216 g/mol. The highest BCUT2D eigenvalue weighted by molar-refractivity contribution is 5.23. The number of aromatic nitrogens is 2. The molecule has 2 atom stereocenters. The second-order valence-electron chi connectivity index (χ2n) is 4.85. The van der Waals surface area contributed by atoms with Crippen molar-refractivity contribution in [2.75, 3.05) is 25.4 Å². The van der Waals surface area contributed by atoms with Gasteiger partial charge in [-0.2, -0.15) is 5.10 Å². The molecule has 2 rings (SSSR count). The second-order valence-corrected chi connectivity index (χ2v) is 4.85. The lowest BCUT2D eigenvalue weighted by molar-refractivity contribution is -0.0498. The average molecular weight is 238 g/mol. The van der Waals surface area contributed by atoms with Crippen LogP contribution in [0.25, 0.3) is 0 Å². The van der Waals surface area contributed by atoms with Gasteiger partial charge in [-0.15, -0.1) is 0 Å². The highest BCUT2D eigenvalue weighted by Crippen LogP contribution is 2.11. The third-order valence-corrected chi connectivity index (χ3v) is 3.23. The normalized spacial score (nSPS) is 26.2. The first-order chi connectivity index (χ1) is 8.15. The minimum Gasteiger partial charge on any atom is -0.382 e. The zero-order valence-corrected chi connectivity index (χ0v) is 10.7. The van der Waals surface area contributed by atoms with E-state index in [1.165, 1.54) is 0 Å². The number of morpholine rings is 1. The molecule has 0 bridgehead atoms. The summed E-state index contributed by atoms with van der Waals surface area (Å²) in [6, 6.07) is 2.35. The number of nitrogens with two attached hydrogens (primary N) is 1. The van der Waals surface area contributed by atoms with Crippen molar-refractivity contribution >= 4 is 5.82 Å². The fourth-order valence-electron chi connectivity index (χ4n) is 2.22. The highest BCUT2D eigenvalue weighted by atomic mass is 16.5. The average Bonchev–Trinajstić information content (AvgIpc) is 2.69. The molecule has 2 N–H and O–H groups in total. The summed E-state index contributed by atoms with van der Waals surface area (Å²) in [5.74, 6) is 0.596. The number of hydrogen-bond donors (Lipinski definition) is 1. The summed E-state index contributed by atoms with van der Waals surface area (Å²) in [5.41, 5.74) is 5.57. The molecule has 5 heteroatoms. The molecule has 1 aromatic rings. The maximum Gasteiger partial charge on any atom is 0.145 e. The summed E-state index contributed by atoms with van der Waals surface area (Å²) in [5, 5.41) is 4.18. The van der Waals surface area contributed by atoms with Gasteiger partial charge in [0.15, 0.2) is 0 Å². The van der Waals surface area contributed by atoms with Crippen molar-refractivity contribution in [3.05, 3.63) is 12.3 Å². The lowest BCUT2D eigenvalue weighted by Crippen LogP contribution is -2.47. The molecule has 2 unspecified atom stereocenters. The topological polar surface area (TPSA) is 56.3 Å². The van der Waals surface area contributed by atoms with Crippen LogP contribution in [0.2, 0.25) is 0 Å². The molecule has 1 aliphatic heterocycles. The standard InChI is InChI=1S/C12H22N4O/c1-10-9-17-11(2)8-15(10)5-3-6-16-7-4-12(13)14-16/h4,7,10-11H,3,5-6,8-9H2,1-2H3,(H2,13,14). The van der Waals surface area contributed by atoms with Gasteiger partial charge in [-0.1, -0.05) is 0 Å². The van der Waals surface area contributed by atoms with E-state index in [2.05, 4.69) is 23.8 Å². The third kappa shape index (κ3) is 3.44. The van der Waals surface area contributed by atoms with Crippen LogP contribution in [0, 0.1) is 0 Å². The zero-order chi connectivity index (χ0) is 12.3. The van der Waals surface area contributed by atoms with Gasteiger partial charge in [0.1, 0.15) is 5.82 Å². The number of rotatable bonds is 4. The molecule has 5 nitrogen and oxygen atoms in total. The van der Waals surface area contributed by atoms with Gasteiger partial charge in [0.2, 0.25) is 0 Å². The van der Waals surface area contributed by atoms with E-state index in [9.17, 15) is 0 Å². The first kappa shape index (κ1) is 12.4. The number of aryl methyl sites for hydroxylation is 1. The molecule has 0 aliphatic carbocycles. The Labute approximate surface area is 103 Å². The third-order valence-electron chi connectivity index (χ3n) is 3.23. The lowest BCUT2D eigenvalue weighted by atomic mass is 10.2. The minimum atomic E-state index is 0.353. The van der Waals surface area contributed by atoms with Gasteiger partial charge in [-0.25, -0.2) is 0 Å². The zero-order valence-electron chi connectivity index (χ0n) is 10.7. The smallest absolute Gasteiger partial charge is 0.145 e. The SMILES string of the molecule is CC1CN(CCCn2ccc(N)n2)C(C)CO1. The molecule has 1 saturated heterocycles. The molecule has 1 aliphatic rings. The van der Waals surface area contributed by atoms with Crippen LogP contribution < -0.4 is 5.73 Å².